The number of hydrogen-bond donors (Lipinski definition) is 1. The van der Waals surface area contributed by atoms with Crippen LogP contribution in [0.3, 0.4) is 0 Å². The Hall–Kier alpha value is -0.620. The predicted molar refractivity (Wildman–Crippen MR) is 115 cm³/mol. The molecule has 2 aromatic carbocycles. The SMILES string of the molecule is Clc1ccc(C(CC2OCCc3cc(Br)ccc32)N2CCNCC2)cc1Cl. The molecule has 3 nitrogen and oxygen atoms in total. The summed E-state index contributed by atoms with van der Waals surface area (Å²) >= 11 is 16.1. The normalized spacial score (nSPS) is 21.7. The van der Waals surface area contributed by atoms with E-state index in [1.54, 1.807) is 0 Å². The van der Waals surface area contributed by atoms with Crippen LogP contribution in [0.25, 0.3) is 0 Å². The molecule has 2 aliphatic rings. The van der Waals surface area contributed by atoms with Gasteiger partial charge < -0.3 is 10.1 Å². The molecule has 144 valence electrons. The number of fused-ring (bicyclic) bond motifs is 1. The van der Waals surface area contributed by atoms with Gasteiger partial charge in [-0.15, -0.1) is 0 Å². The number of rotatable bonds is 4. The van der Waals surface area contributed by atoms with Gasteiger partial charge in [-0.1, -0.05) is 51.3 Å². The van der Waals surface area contributed by atoms with Gasteiger partial charge in [0, 0.05) is 36.7 Å². The largest absolute Gasteiger partial charge is 0.373 e. The number of halogens is 3. The van der Waals surface area contributed by atoms with Crippen molar-refractivity contribution in [1.82, 2.24) is 10.2 Å². The third-order valence-corrected chi connectivity index (χ3v) is 6.73. The zero-order chi connectivity index (χ0) is 18.8. The van der Waals surface area contributed by atoms with Crippen molar-refractivity contribution in [3.05, 3.63) is 67.6 Å². The molecule has 0 saturated carbocycles. The number of piperazine rings is 1. The molecule has 1 N–H and O–H groups in total. The zero-order valence-electron chi connectivity index (χ0n) is 15.1. The molecule has 27 heavy (non-hydrogen) atoms. The first-order valence-electron chi connectivity index (χ1n) is 9.41. The van der Waals surface area contributed by atoms with Crippen molar-refractivity contribution in [2.24, 2.45) is 0 Å². The fraction of sp³-hybridized carbons (Fsp3) is 0.429. The molecule has 2 aliphatic heterocycles. The summed E-state index contributed by atoms with van der Waals surface area (Å²) < 4.78 is 7.35. The molecule has 1 fully saturated rings. The van der Waals surface area contributed by atoms with E-state index in [2.05, 4.69) is 50.4 Å². The van der Waals surface area contributed by atoms with Gasteiger partial charge in [0.25, 0.3) is 0 Å². The summed E-state index contributed by atoms with van der Waals surface area (Å²) in [5, 5.41) is 4.66. The van der Waals surface area contributed by atoms with E-state index in [1.807, 2.05) is 12.1 Å². The van der Waals surface area contributed by atoms with Gasteiger partial charge in [0.1, 0.15) is 0 Å². The van der Waals surface area contributed by atoms with Crippen LogP contribution in [0.2, 0.25) is 10.0 Å². The standard InChI is InChI=1S/C21H23BrCl2N2O/c22-16-2-3-17-14(11-16)5-10-27-21(17)13-20(26-8-6-25-7-9-26)15-1-4-18(23)19(24)12-15/h1-4,11-12,20-21,25H,5-10,13H2. The minimum absolute atomic E-state index is 0.0937. The Morgan fingerprint density at radius 1 is 1.11 bits per heavy atom. The monoisotopic (exact) mass is 468 g/mol. The molecular formula is C21H23BrCl2N2O. The summed E-state index contributed by atoms with van der Waals surface area (Å²) in [6.45, 7) is 4.82. The Bertz CT molecular complexity index is 811. The number of hydrogen-bond acceptors (Lipinski definition) is 3. The van der Waals surface area contributed by atoms with E-state index in [4.69, 9.17) is 27.9 Å². The molecule has 0 amide bonds. The lowest BCUT2D eigenvalue weighted by molar-refractivity contribution is 0.0119. The third kappa shape index (κ3) is 4.52. The molecule has 2 unspecified atom stereocenters. The van der Waals surface area contributed by atoms with Gasteiger partial charge in [-0.3, -0.25) is 4.90 Å². The highest BCUT2D eigenvalue weighted by molar-refractivity contribution is 9.10. The van der Waals surface area contributed by atoms with Crippen LogP contribution in [0.4, 0.5) is 0 Å². The molecule has 0 spiro atoms. The van der Waals surface area contributed by atoms with Crippen molar-refractivity contribution < 1.29 is 4.74 Å². The molecule has 0 aromatic heterocycles. The number of ether oxygens (including phenoxy) is 1. The second-order valence-corrected chi connectivity index (χ2v) is 8.89. The van der Waals surface area contributed by atoms with Crippen LogP contribution in [0.5, 0.6) is 0 Å². The van der Waals surface area contributed by atoms with E-state index < -0.39 is 0 Å². The lowest BCUT2D eigenvalue weighted by Gasteiger charge is -2.38. The first-order valence-corrected chi connectivity index (χ1v) is 11.0. The van der Waals surface area contributed by atoms with Gasteiger partial charge in [0.2, 0.25) is 0 Å². The summed E-state index contributed by atoms with van der Waals surface area (Å²) in [6, 6.07) is 12.8. The fourth-order valence-corrected chi connectivity index (χ4v) is 4.83. The van der Waals surface area contributed by atoms with Crippen LogP contribution in [-0.2, 0) is 11.2 Å². The van der Waals surface area contributed by atoms with Gasteiger partial charge in [0.15, 0.2) is 0 Å². The molecule has 1 saturated heterocycles. The van der Waals surface area contributed by atoms with Crippen LogP contribution >= 0.6 is 39.1 Å². The quantitative estimate of drug-likeness (QED) is 0.648. The van der Waals surface area contributed by atoms with E-state index in [0.717, 1.165) is 50.1 Å². The molecule has 2 aromatic rings. The molecule has 6 heteroatoms. The number of benzene rings is 2. The summed E-state index contributed by atoms with van der Waals surface area (Å²) in [5.74, 6) is 0. The third-order valence-electron chi connectivity index (χ3n) is 5.50. The average molecular weight is 470 g/mol. The lowest BCUT2D eigenvalue weighted by Crippen LogP contribution is -2.45. The Morgan fingerprint density at radius 3 is 2.70 bits per heavy atom. The Labute approximate surface area is 179 Å². The van der Waals surface area contributed by atoms with Crippen LogP contribution in [0, 0.1) is 0 Å². The molecule has 0 aliphatic carbocycles. The van der Waals surface area contributed by atoms with E-state index in [1.165, 1.54) is 16.7 Å². The van der Waals surface area contributed by atoms with Gasteiger partial charge in [-0.2, -0.15) is 0 Å². The van der Waals surface area contributed by atoms with Crippen molar-refractivity contribution >= 4 is 39.1 Å². The highest BCUT2D eigenvalue weighted by atomic mass is 79.9. The van der Waals surface area contributed by atoms with E-state index in [0.29, 0.717) is 10.0 Å². The van der Waals surface area contributed by atoms with Gasteiger partial charge >= 0.3 is 0 Å². The molecule has 2 atom stereocenters. The number of nitrogens with one attached hydrogen (secondary N) is 1. The maximum Gasteiger partial charge on any atom is 0.0846 e. The van der Waals surface area contributed by atoms with Gasteiger partial charge in [-0.05, 0) is 53.8 Å². The first kappa shape index (κ1) is 19.7. The summed E-state index contributed by atoms with van der Waals surface area (Å²) in [6.07, 6.45) is 1.97. The van der Waals surface area contributed by atoms with Crippen LogP contribution in [-0.4, -0.2) is 37.7 Å². The predicted octanol–water partition coefficient (Wildman–Crippen LogP) is 5.41. The van der Waals surface area contributed by atoms with Crippen LogP contribution in [0.1, 0.15) is 35.3 Å². The van der Waals surface area contributed by atoms with Crippen LogP contribution in [0.15, 0.2) is 40.9 Å². The minimum Gasteiger partial charge on any atom is -0.373 e. The zero-order valence-corrected chi connectivity index (χ0v) is 18.2. The smallest absolute Gasteiger partial charge is 0.0846 e. The Balaban J connectivity index is 1.64. The average Bonchev–Trinajstić information content (AvgIpc) is 2.69. The van der Waals surface area contributed by atoms with E-state index >= 15 is 0 Å². The topological polar surface area (TPSA) is 24.5 Å². The van der Waals surface area contributed by atoms with Crippen molar-refractivity contribution in [2.75, 3.05) is 32.8 Å². The molecule has 0 bridgehead atoms. The minimum atomic E-state index is 0.0937. The Kier molecular flexibility index (Phi) is 6.42. The maximum absolute atomic E-state index is 6.34. The van der Waals surface area contributed by atoms with Crippen molar-refractivity contribution in [3.8, 4) is 0 Å². The number of nitrogens with zero attached hydrogens (tertiary/aromatic N) is 1. The lowest BCUT2D eigenvalue weighted by atomic mass is 9.90. The second-order valence-electron chi connectivity index (χ2n) is 7.16. The van der Waals surface area contributed by atoms with Gasteiger partial charge in [-0.25, -0.2) is 0 Å². The van der Waals surface area contributed by atoms with E-state index in [9.17, 15) is 0 Å². The molecule has 0 radical (unpaired) electrons. The van der Waals surface area contributed by atoms with E-state index in [-0.39, 0.29) is 12.1 Å². The van der Waals surface area contributed by atoms with Crippen LogP contribution < -0.4 is 5.32 Å². The highest BCUT2D eigenvalue weighted by Gasteiger charge is 2.29. The second kappa shape index (κ2) is 8.81. The molecule has 2 heterocycles. The van der Waals surface area contributed by atoms with Crippen molar-refractivity contribution in [2.45, 2.75) is 25.0 Å². The summed E-state index contributed by atoms with van der Waals surface area (Å²) in [4.78, 5) is 2.53. The highest BCUT2D eigenvalue weighted by Crippen LogP contribution is 2.39. The van der Waals surface area contributed by atoms with Crippen molar-refractivity contribution in [3.63, 3.8) is 0 Å². The first-order chi connectivity index (χ1) is 13.1. The van der Waals surface area contributed by atoms with Gasteiger partial charge in [0.05, 0.1) is 22.8 Å². The summed E-state index contributed by atoms with van der Waals surface area (Å²) in [5.41, 5.74) is 3.90. The molecular weight excluding hydrogens is 447 g/mol. The summed E-state index contributed by atoms with van der Waals surface area (Å²) in [7, 11) is 0. The molecule has 4 rings (SSSR count). The maximum atomic E-state index is 6.34. The van der Waals surface area contributed by atoms with Crippen molar-refractivity contribution in [1.29, 1.82) is 0 Å². The Morgan fingerprint density at radius 2 is 1.93 bits per heavy atom. The fourth-order valence-electron chi connectivity index (χ4n) is 4.11.